The van der Waals surface area contributed by atoms with Crippen LogP contribution < -0.4 is 5.73 Å². The minimum absolute atomic E-state index is 0.272. The average molecular weight is 245 g/mol. The summed E-state index contributed by atoms with van der Waals surface area (Å²) >= 11 is 1.86. The van der Waals surface area contributed by atoms with Crippen molar-refractivity contribution in [1.82, 2.24) is 0 Å². The summed E-state index contributed by atoms with van der Waals surface area (Å²) < 4.78 is 0. The minimum atomic E-state index is 0.272. The van der Waals surface area contributed by atoms with Crippen molar-refractivity contribution in [1.29, 1.82) is 0 Å². The van der Waals surface area contributed by atoms with Gasteiger partial charge in [-0.15, -0.1) is 0 Å². The Morgan fingerprint density at radius 2 is 1.88 bits per heavy atom. The second-order valence-electron chi connectivity index (χ2n) is 4.38. The molecule has 0 spiro atoms. The summed E-state index contributed by atoms with van der Waals surface area (Å²) in [4.78, 5) is 0. The van der Waals surface area contributed by atoms with Crippen LogP contribution in [-0.2, 0) is 6.42 Å². The van der Waals surface area contributed by atoms with Gasteiger partial charge in [-0.25, -0.2) is 0 Å². The molecule has 0 radical (unpaired) electrons. The van der Waals surface area contributed by atoms with Crippen molar-refractivity contribution < 1.29 is 0 Å². The maximum Gasteiger partial charge on any atom is 0.00873 e. The highest BCUT2D eigenvalue weighted by Gasteiger charge is 2.06. The fourth-order valence-electron chi connectivity index (χ4n) is 2.12. The van der Waals surface area contributed by atoms with Crippen molar-refractivity contribution >= 4 is 22.5 Å². The van der Waals surface area contributed by atoms with Crippen LogP contribution in [0.1, 0.15) is 12.0 Å². The first-order valence-corrected chi connectivity index (χ1v) is 7.42. The molecule has 0 heterocycles. The van der Waals surface area contributed by atoms with Crippen molar-refractivity contribution in [2.75, 3.05) is 12.0 Å². The van der Waals surface area contributed by atoms with Gasteiger partial charge in [-0.3, -0.25) is 0 Å². The van der Waals surface area contributed by atoms with Crippen molar-refractivity contribution in [3.63, 3.8) is 0 Å². The summed E-state index contributed by atoms with van der Waals surface area (Å²) in [7, 11) is 0. The first-order chi connectivity index (χ1) is 8.31. The second kappa shape index (κ2) is 6.08. The van der Waals surface area contributed by atoms with Gasteiger partial charge in [0.2, 0.25) is 0 Å². The van der Waals surface area contributed by atoms with E-state index in [1.165, 1.54) is 16.3 Å². The maximum atomic E-state index is 6.17. The van der Waals surface area contributed by atoms with Crippen LogP contribution in [0.5, 0.6) is 0 Å². The number of hydrogen-bond acceptors (Lipinski definition) is 2. The molecule has 0 fully saturated rings. The van der Waals surface area contributed by atoms with E-state index in [9.17, 15) is 0 Å². The normalized spacial score (nSPS) is 12.8. The molecule has 1 nitrogen and oxygen atoms in total. The van der Waals surface area contributed by atoms with E-state index in [4.69, 9.17) is 5.73 Å². The highest BCUT2D eigenvalue weighted by molar-refractivity contribution is 7.98. The largest absolute Gasteiger partial charge is 0.327 e. The second-order valence-corrected chi connectivity index (χ2v) is 5.37. The number of fused-ring (bicyclic) bond motifs is 1. The predicted molar refractivity (Wildman–Crippen MR) is 78.6 cm³/mol. The van der Waals surface area contributed by atoms with E-state index >= 15 is 0 Å². The van der Waals surface area contributed by atoms with Crippen LogP contribution in [0.15, 0.2) is 42.5 Å². The van der Waals surface area contributed by atoms with Gasteiger partial charge in [-0.05, 0) is 41.2 Å². The molecule has 0 aliphatic rings. The van der Waals surface area contributed by atoms with Crippen LogP contribution in [-0.4, -0.2) is 18.1 Å². The van der Waals surface area contributed by atoms with Gasteiger partial charge in [0.25, 0.3) is 0 Å². The van der Waals surface area contributed by atoms with Gasteiger partial charge in [-0.1, -0.05) is 42.5 Å². The molecular weight excluding hydrogens is 226 g/mol. The summed E-state index contributed by atoms with van der Waals surface area (Å²) in [5.41, 5.74) is 7.54. The average Bonchev–Trinajstić information content (AvgIpc) is 2.37. The lowest BCUT2D eigenvalue weighted by molar-refractivity contribution is 0.654. The van der Waals surface area contributed by atoms with Crippen LogP contribution in [0.2, 0.25) is 0 Å². The Kier molecular flexibility index (Phi) is 4.46. The smallest absolute Gasteiger partial charge is 0.00873 e. The summed E-state index contributed by atoms with van der Waals surface area (Å²) in [6.07, 6.45) is 4.19. The molecular formula is C15H19NS. The molecule has 90 valence electrons. The number of rotatable bonds is 5. The summed E-state index contributed by atoms with van der Waals surface area (Å²) in [5.74, 6) is 1.14. The van der Waals surface area contributed by atoms with Crippen LogP contribution in [0.25, 0.3) is 10.8 Å². The molecule has 0 bridgehead atoms. The van der Waals surface area contributed by atoms with Gasteiger partial charge in [0.15, 0.2) is 0 Å². The van der Waals surface area contributed by atoms with E-state index in [1.807, 2.05) is 11.8 Å². The molecule has 1 atom stereocenters. The molecule has 0 amide bonds. The van der Waals surface area contributed by atoms with Crippen LogP contribution in [0, 0.1) is 0 Å². The highest BCUT2D eigenvalue weighted by Crippen LogP contribution is 2.20. The van der Waals surface area contributed by atoms with Crippen molar-refractivity contribution in [3.8, 4) is 0 Å². The SMILES string of the molecule is CSCCC(N)Cc1cccc2ccccc12. The molecule has 0 saturated carbocycles. The zero-order valence-electron chi connectivity index (χ0n) is 10.2. The van der Waals surface area contributed by atoms with E-state index in [2.05, 4.69) is 48.7 Å². The predicted octanol–water partition coefficient (Wildman–Crippen LogP) is 3.46. The van der Waals surface area contributed by atoms with Crippen molar-refractivity contribution in [2.24, 2.45) is 5.73 Å². The lowest BCUT2D eigenvalue weighted by Crippen LogP contribution is -2.23. The molecule has 2 N–H and O–H groups in total. The van der Waals surface area contributed by atoms with Crippen molar-refractivity contribution in [2.45, 2.75) is 18.9 Å². The molecule has 17 heavy (non-hydrogen) atoms. The molecule has 0 aromatic heterocycles. The molecule has 2 heteroatoms. The minimum Gasteiger partial charge on any atom is -0.327 e. The third-order valence-electron chi connectivity index (χ3n) is 3.05. The van der Waals surface area contributed by atoms with Gasteiger partial charge >= 0.3 is 0 Å². The monoisotopic (exact) mass is 245 g/mol. The molecule has 0 aliphatic heterocycles. The molecule has 2 aromatic carbocycles. The Morgan fingerprint density at radius 3 is 2.71 bits per heavy atom. The first-order valence-electron chi connectivity index (χ1n) is 6.02. The fraction of sp³-hybridized carbons (Fsp3) is 0.333. The highest BCUT2D eigenvalue weighted by atomic mass is 32.2. The Bertz CT molecular complexity index is 476. The quantitative estimate of drug-likeness (QED) is 0.873. The van der Waals surface area contributed by atoms with Gasteiger partial charge in [0.1, 0.15) is 0 Å². The van der Waals surface area contributed by atoms with E-state index in [0.717, 1.165) is 18.6 Å². The Labute approximate surface area is 107 Å². The summed E-state index contributed by atoms with van der Waals surface area (Å²) in [6.45, 7) is 0. The van der Waals surface area contributed by atoms with E-state index in [-0.39, 0.29) is 6.04 Å². The van der Waals surface area contributed by atoms with Crippen LogP contribution in [0.3, 0.4) is 0 Å². The Morgan fingerprint density at radius 1 is 1.12 bits per heavy atom. The number of hydrogen-bond donors (Lipinski definition) is 1. The standard InChI is InChI=1S/C15H19NS/c1-17-10-9-14(16)11-13-7-4-6-12-5-2-3-8-15(12)13/h2-8,14H,9-11,16H2,1H3. The van der Waals surface area contributed by atoms with Crippen LogP contribution >= 0.6 is 11.8 Å². The first kappa shape index (κ1) is 12.5. The number of benzene rings is 2. The molecule has 0 aliphatic carbocycles. The van der Waals surface area contributed by atoms with E-state index in [1.54, 1.807) is 0 Å². The lowest BCUT2D eigenvalue weighted by Gasteiger charge is -2.12. The third kappa shape index (κ3) is 3.24. The third-order valence-corrected chi connectivity index (χ3v) is 3.70. The maximum absolute atomic E-state index is 6.17. The molecule has 1 unspecified atom stereocenters. The number of nitrogens with two attached hydrogens (primary N) is 1. The topological polar surface area (TPSA) is 26.0 Å². The fourth-order valence-corrected chi connectivity index (χ4v) is 2.66. The van der Waals surface area contributed by atoms with E-state index in [0.29, 0.717) is 0 Å². The van der Waals surface area contributed by atoms with Crippen LogP contribution in [0.4, 0.5) is 0 Å². The zero-order chi connectivity index (χ0) is 12.1. The van der Waals surface area contributed by atoms with Gasteiger partial charge in [-0.2, -0.15) is 11.8 Å². The van der Waals surface area contributed by atoms with Crippen molar-refractivity contribution in [3.05, 3.63) is 48.0 Å². The Hall–Kier alpha value is -0.990. The molecule has 0 saturated heterocycles. The Balaban J connectivity index is 2.18. The number of thioether (sulfide) groups is 1. The zero-order valence-corrected chi connectivity index (χ0v) is 11.0. The summed E-state index contributed by atoms with van der Waals surface area (Å²) in [5, 5.41) is 2.65. The van der Waals surface area contributed by atoms with Gasteiger partial charge < -0.3 is 5.73 Å². The molecule has 2 aromatic rings. The van der Waals surface area contributed by atoms with Gasteiger partial charge in [0.05, 0.1) is 0 Å². The van der Waals surface area contributed by atoms with Gasteiger partial charge in [0, 0.05) is 6.04 Å². The summed E-state index contributed by atoms with van der Waals surface area (Å²) in [6, 6.07) is 15.3. The lowest BCUT2D eigenvalue weighted by atomic mass is 9.98. The van der Waals surface area contributed by atoms with E-state index < -0.39 is 0 Å². The molecule has 2 rings (SSSR count).